The van der Waals surface area contributed by atoms with Gasteiger partial charge in [-0.2, -0.15) is 5.26 Å². The van der Waals surface area contributed by atoms with Crippen LogP contribution in [0.25, 0.3) is 0 Å². The molecule has 0 bridgehead atoms. The summed E-state index contributed by atoms with van der Waals surface area (Å²) in [6, 6.07) is 7.34. The molecule has 1 fully saturated rings. The first-order valence-electron chi connectivity index (χ1n) is 11.6. The first-order valence-corrected chi connectivity index (χ1v) is 13.0. The fraction of sp³-hybridized carbons (Fsp3) is 0.520. The molecular formula is C25H30ClN3O5S. The number of carbonyl (C=O) groups is 3. The summed E-state index contributed by atoms with van der Waals surface area (Å²) in [6.45, 7) is 6.32. The Morgan fingerprint density at radius 1 is 1.29 bits per heavy atom. The molecule has 35 heavy (non-hydrogen) atoms. The fourth-order valence-corrected chi connectivity index (χ4v) is 5.95. The van der Waals surface area contributed by atoms with Crippen LogP contribution < -0.4 is 10.1 Å². The van der Waals surface area contributed by atoms with Gasteiger partial charge in [0.05, 0.1) is 41.2 Å². The number of methoxy groups -OCH3 is 1. The highest BCUT2D eigenvalue weighted by molar-refractivity contribution is 8.03. The van der Waals surface area contributed by atoms with Crippen LogP contribution in [0, 0.1) is 17.2 Å². The van der Waals surface area contributed by atoms with Gasteiger partial charge in [-0.1, -0.05) is 29.4 Å². The van der Waals surface area contributed by atoms with Crippen molar-refractivity contribution in [2.45, 2.75) is 58.0 Å². The molecule has 0 unspecified atom stereocenters. The van der Waals surface area contributed by atoms with Crippen LogP contribution in [-0.2, 0) is 19.1 Å². The van der Waals surface area contributed by atoms with Crippen LogP contribution in [0.15, 0.2) is 28.8 Å². The summed E-state index contributed by atoms with van der Waals surface area (Å²) >= 11 is 7.47. The number of amides is 2. The fourth-order valence-electron chi connectivity index (χ4n) is 4.78. The third kappa shape index (κ3) is 5.76. The molecular weight excluding hydrogens is 490 g/mol. The van der Waals surface area contributed by atoms with Crippen LogP contribution in [0.5, 0.6) is 5.75 Å². The van der Waals surface area contributed by atoms with Crippen molar-refractivity contribution in [1.29, 1.82) is 5.26 Å². The predicted molar refractivity (Wildman–Crippen MR) is 134 cm³/mol. The number of hydrogen-bond donors (Lipinski definition) is 1. The summed E-state index contributed by atoms with van der Waals surface area (Å²) in [5.41, 5.74) is 0.681. The minimum atomic E-state index is -1.27. The van der Waals surface area contributed by atoms with Gasteiger partial charge >= 0.3 is 5.97 Å². The minimum Gasteiger partial charge on any atom is -0.492 e. The van der Waals surface area contributed by atoms with Crippen LogP contribution in [0.3, 0.4) is 0 Å². The number of allylic oxidation sites excluding steroid dienone is 1. The van der Waals surface area contributed by atoms with Crippen LogP contribution in [0.4, 0.5) is 0 Å². The Morgan fingerprint density at radius 2 is 1.97 bits per heavy atom. The Kier molecular flexibility index (Phi) is 9.09. The monoisotopic (exact) mass is 519 g/mol. The number of ether oxygens (including phenoxy) is 2. The zero-order valence-corrected chi connectivity index (χ0v) is 21.9. The lowest BCUT2D eigenvalue weighted by atomic mass is 9.78. The summed E-state index contributed by atoms with van der Waals surface area (Å²) in [4.78, 5) is 40.5. The minimum absolute atomic E-state index is 0.0514. The molecule has 2 aliphatic rings. The second-order valence-electron chi connectivity index (χ2n) is 8.66. The van der Waals surface area contributed by atoms with Gasteiger partial charge in [0, 0.05) is 18.0 Å². The topological polar surface area (TPSA) is 109 Å². The third-order valence-electron chi connectivity index (χ3n) is 6.42. The Hall–Kier alpha value is -2.70. The van der Waals surface area contributed by atoms with Crippen molar-refractivity contribution in [1.82, 2.24) is 10.2 Å². The number of halogens is 1. The number of carbonyl (C=O) groups excluding carboxylic acids is 3. The second kappa shape index (κ2) is 11.8. The van der Waals surface area contributed by atoms with E-state index < -0.39 is 23.7 Å². The SMILES string of the molecule is CCOc1ccc([C@@H]2C(C#N)=C(SCC(=O)N3[C@H](C)CCC[C@H]3C)NC(=O)[C@@H]2C(=O)OC)cc1Cl. The van der Waals surface area contributed by atoms with Crippen molar-refractivity contribution in [3.8, 4) is 11.8 Å². The Morgan fingerprint density at radius 3 is 2.54 bits per heavy atom. The number of piperidine rings is 1. The first kappa shape index (κ1) is 26.9. The highest BCUT2D eigenvalue weighted by Crippen LogP contribution is 2.42. The number of nitrogens with one attached hydrogen (secondary N) is 1. The van der Waals surface area contributed by atoms with Gasteiger partial charge in [0.15, 0.2) is 0 Å². The van der Waals surface area contributed by atoms with E-state index in [9.17, 15) is 19.6 Å². The van der Waals surface area contributed by atoms with Gasteiger partial charge in [0.25, 0.3) is 0 Å². The summed E-state index contributed by atoms with van der Waals surface area (Å²) in [5.74, 6) is -3.08. The van der Waals surface area contributed by atoms with E-state index in [4.69, 9.17) is 21.1 Å². The maximum absolute atomic E-state index is 13.0. The smallest absolute Gasteiger partial charge is 0.319 e. The van der Waals surface area contributed by atoms with Crippen LogP contribution in [0.2, 0.25) is 5.02 Å². The van der Waals surface area contributed by atoms with Gasteiger partial charge in [-0.3, -0.25) is 14.4 Å². The van der Waals surface area contributed by atoms with Gasteiger partial charge in [0.1, 0.15) is 11.7 Å². The summed E-state index contributed by atoms with van der Waals surface area (Å²) in [6.07, 6.45) is 2.98. The molecule has 0 aromatic heterocycles. The van der Waals surface area contributed by atoms with Crippen molar-refractivity contribution in [2.24, 2.45) is 5.92 Å². The average molecular weight is 520 g/mol. The van der Waals surface area contributed by atoms with Crippen molar-refractivity contribution in [3.63, 3.8) is 0 Å². The molecule has 3 rings (SSSR count). The lowest BCUT2D eigenvalue weighted by Crippen LogP contribution is -2.48. The van der Waals surface area contributed by atoms with Crippen LogP contribution >= 0.6 is 23.4 Å². The number of likely N-dealkylation sites (tertiary alicyclic amines) is 1. The lowest BCUT2D eigenvalue weighted by molar-refractivity contribution is -0.150. The molecule has 4 atom stereocenters. The number of benzene rings is 1. The number of thioether (sulfide) groups is 1. The van der Waals surface area contributed by atoms with E-state index in [-0.39, 0.29) is 34.3 Å². The second-order valence-corrected chi connectivity index (χ2v) is 10.1. The van der Waals surface area contributed by atoms with E-state index in [1.807, 2.05) is 25.7 Å². The number of nitrogens with zero attached hydrogens (tertiary/aromatic N) is 2. The Balaban J connectivity index is 1.96. The van der Waals surface area contributed by atoms with Crippen LogP contribution in [-0.4, -0.2) is 54.2 Å². The van der Waals surface area contributed by atoms with Gasteiger partial charge < -0.3 is 19.7 Å². The molecule has 1 N–H and O–H groups in total. The molecule has 188 valence electrons. The standard InChI is InChI=1S/C25H30ClN3O5S/c1-5-34-19-10-9-16(11-18(19)26)21-17(12-27)24(28-23(31)22(21)25(32)33-4)35-13-20(30)29-14(2)7-6-8-15(29)3/h9-11,14-15,21-22H,5-8,13H2,1-4H3,(H,28,31)/t14-,15-,21-,22-/m1/s1. The molecule has 1 aromatic rings. The molecule has 8 nitrogen and oxygen atoms in total. The highest BCUT2D eigenvalue weighted by atomic mass is 35.5. The van der Waals surface area contributed by atoms with Gasteiger partial charge in [-0.05, 0) is 57.7 Å². The maximum atomic E-state index is 13.0. The molecule has 2 heterocycles. The molecule has 1 saturated heterocycles. The predicted octanol–water partition coefficient (Wildman–Crippen LogP) is 4.00. The molecule has 0 saturated carbocycles. The first-order chi connectivity index (χ1) is 16.7. The number of hydrogen-bond acceptors (Lipinski definition) is 7. The highest BCUT2D eigenvalue weighted by Gasteiger charge is 2.44. The van der Waals surface area contributed by atoms with Crippen molar-refractivity contribution >= 4 is 41.1 Å². The van der Waals surface area contributed by atoms with Gasteiger partial charge in [0.2, 0.25) is 11.8 Å². The molecule has 1 aromatic carbocycles. The molecule has 10 heteroatoms. The molecule has 0 aliphatic carbocycles. The van der Waals surface area contributed by atoms with E-state index in [1.165, 1.54) is 7.11 Å². The third-order valence-corrected chi connectivity index (χ3v) is 7.72. The average Bonchev–Trinajstić information content (AvgIpc) is 2.83. The largest absolute Gasteiger partial charge is 0.492 e. The molecule has 0 spiro atoms. The van der Waals surface area contributed by atoms with Gasteiger partial charge in [-0.25, -0.2) is 0 Å². The summed E-state index contributed by atoms with van der Waals surface area (Å²) < 4.78 is 10.4. The zero-order chi connectivity index (χ0) is 25.7. The summed E-state index contributed by atoms with van der Waals surface area (Å²) in [7, 11) is 1.19. The molecule has 0 radical (unpaired) electrons. The van der Waals surface area contributed by atoms with Gasteiger partial charge in [-0.15, -0.1) is 0 Å². The number of esters is 1. The molecule has 2 aliphatic heterocycles. The van der Waals surface area contributed by atoms with E-state index in [0.29, 0.717) is 22.9 Å². The summed E-state index contributed by atoms with van der Waals surface area (Å²) in [5, 5.41) is 13.3. The number of nitriles is 1. The maximum Gasteiger partial charge on any atom is 0.319 e. The van der Waals surface area contributed by atoms with E-state index >= 15 is 0 Å². The van der Waals surface area contributed by atoms with Crippen LogP contribution in [0.1, 0.15) is 51.5 Å². The van der Waals surface area contributed by atoms with E-state index in [1.54, 1.807) is 18.2 Å². The Labute approximate surface area is 215 Å². The lowest BCUT2D eigenvalue weighted by Gasteiger charge is -2.39. The quantitative estimate of drug-likeness (QED) is 0.428. The normalized spacial score (nSPS) is 24.5. The van der Waals surface area contributed by atoms with E-state index in [0.717, 1.165) is 31.0 Å². The molecule has 2 amide bonds. The van der Waals surface area contributed by atoms with Crippen molar-refractivity contribution < 1.29 is 23.9 Å². The zero-order valence-electron chi connectivity index (χ0n) is 20.3. The van der Waals surface area contributed by atoms with E-state index in [2.05, 4.69) is 11.4 Å². The Bertz CT molecular complexity index is 1060. The van der Waals surface area contributed by atoms with Crippen molar-refractivity contribution in [3.05, 3.63) is 39.4 Å². The number of rotatable bonds is 7. The van der Waals surface area contributed by atoms with Crippen molar-refractivity contribution in [2.75, 3.05) is 19.5 Å².